The second-order valence-corrected chi connectivity index (χ2v) is 5.37. The lowest BCUT2D eigenvalue weighted by Gasteiger charge is -2.25. The summed E-state index contributed by atoms with van der Waals surface area (Å²) >= 11 is 6.28. The van der Waals surface area contributed by atoms with E-state index in [4.69, 9.17) is 11.6 Å². The Kier molecular flexibility index (Phi) is 6.32. The van der Waals surface area contributed by atoms with Gasteiger partial charge in [0.05, 0.1) is 10.7 Å². The number of hydrogen-bond acceptors (Lipinski definition) is 3. The van der Waals surface area contributed by atoms with Gasteiger partial charge in [-0.15, -0.1) is 0 Å². The number of benzene rings is 1. The van der Waals surface area contributed by atoms with E-state index in [-0.39, 0.29) is 5.78 Å². The molecule has 3 nitrogen and oxygen atoms in total. The van der Waals surface area contributed by atoms with Crippen LogP contribution in [0.25, 0.3) is 0 Å². The number of carbonyl (C=O) groups is 1. The zero-order valence-corrected chi connectivity index (χ0v) is 13.0. The largest absolute Gasteiger partial charge is 0.371 e. The molecule has 0 radical (unpaired) electrons. The van der Waals surface area contributed by atoms with Gasteiger partial charge in [-0.25, -0.2) is 0 Å². The van der Waals surface area contributed by atoms with Gasteiger partial charge in [-0.3, -0.25) is 4.79 Å². The van der Waals surface area contributed by atoms with Crippen LogP contribution in [0.3, 0.4) is 0 Å². The molecule has 19 heavy (non-hydrogen) atoms. The lowest BCUT2D eigenvalue weighted by Crippen LogP contribution is -2.27. The number of Topliss-reactive ketones (excluding diaryl/α,β-unsaturated/α-hetero) is 1. The predicted molar refractivity (Wildman–Crippen MR) is 82.5 cm³/mol. The van der Waals surface area contributed by atoms with Crippen LogP contribution in [0.4, 0.5) is 5.69 Å². The van der Waals surface area contributed by atoms with Crippen molar-refractivity contribution in [1.29, 1.82) is 0 Å². The second kappa shape index (κ2) is 7.51. The highest BCUT2D eigenvalue weighted by Gasteiger charge is 2.10. The molecular weight excluding hydrogens is 260 g/mol. The third kappa shape index (κ3) is 4.84. The van der Waals surface area contributed by atoms with Crippen LogP contribution in [-0.4, -0.2) is 44.4 Å². The molecule has 1 aromatic rings. The van der Waals surface area contributed by atoms with Crippen LogP contribution in [0.1, 0.15) is 30.6 Å². The summed E-state index contributed by atoms with van der Waals surface area (Å²) in [5.41, 5.74) is 1.67. The van der Waals surface area contributed by atoms with Gasteiger partial charge >= 0.3 is 0 Å². The average Bonchev–Trinajstić information content (AvgIpc) is 2.34. The Morgan fingerprint density at radius 1 is 1.26 bits per heavy atom. The first-order chi connectivity index (χ1) is 8.95. The van der Waals surface area contributed by atoms with Crippen molar-refractivity contribution in [1.82, 2.24) is 4.90 Å². The number of hydrogen-bond donors (Lipinski definition) is 0. The van der Waals surface area contributed by atoms with Gasteiger partial charge in [0.1, 0.15) is 0 Å². The van der Waals surface area contributed by atoms with E-state index in [0.717, 1.165) is 31.7 Å². The Balaban J connectivity index is 2.78. The van der Waals surface area contributed by atoms with Gasteiger partial charge in [-0.2, -0.15) is 0 Å². The van der Waals surface area contributed by atoms with Gasteiger partial charge < -0.3 is 9.80 Å². The third-order valence-corrected chi connectivity index (χ3v) is 3.41. The van der Waals surface area contributed by atoms with E-state index < -0.39 is 0 Å². The van der Waals surface area contributed by atoms with Gasteiger partial charge in [0, 0.05) is 18.7 Å². The third-order valence-electron chi connectivity index (χ3n) is 3.11. The minimum atomic E-state index is 0.0455. The van der Waals surface area contributed by atoms with Crippen molar-refractivity contribution in [2.75, 3.05) is 38.6 Å². The molecule has 0 spiro atoms. The summed E-state index contributed by atoms with van der Waals surface area (Å²) in [6.07, 6.45) is 1.09. The maximum Gasteiger partial charge on any atom is 0.159 e. The molecule has 1 aromatic carbocycles. The quantitative estimate of drug-likeness (QED) is 0.717. The van der Waals surface area contributed by atoms with E-state index in [0.29, 0.717) is 10.6 Å². The fourth-order valence-corrected chi connectivity index (χ4v) is 2.31. The van der Waals surface area contributed by atoms with Crippen LogP contribution in [0.15, 0.2) is 18.2 Å². The molecule has 0 unspecified atom stereocenters. The molecule has 0 aliphatic carbocycles. The number of halogens is 1. The minimum absolute atomic E-state index is 0.0455. The van der Waals surface area contributed by atoms with E-state index in [2.05, 4.69) is 30.8 Å². The van der Waals surface area contributed by atoms with Gasteiger partial charge in [0.2, 0.25) is 0 Å². The van der Waals surface area contributed by atoms with E-state index in [9.17, 15) is 4.79 Å². The second-order valence-electron chi connectivity index (χ2n) is 4.96. The van der Waals surface area contributed by atoms with Crippen molar-refractivity contribution < 1.29 is 4.79 Å². The molecule has 0 aromatic heterocycles. The van der Waals surface area contributed by atoms with Crippen LogP contribution < -0.4 is 4.90 Å². The topological polar surface area (TPSA) is 23.6 Å². The maximum absolute atomic E-state index is 11.3. The van der Waals surface area contributed by atoms with E-state index in [1.165, 1.54) is 0 Å². The van der Waals surface area contributed by atoms with Gasteiger partial charge in [0.25, 0.3) is 0 Å². The number of rotatable bonds is 7. The van der Waals surface area contributed by atoms with Crippen molar-refractivity contribution >= 4 is 23.1 Å². The highest BCUT2D eigenvalue weighted by Crippen LogP contribution is 2.27. The molecule has 0 heterocycles. The predicted octanol–water partition coefficient (Wildman–Crippen LogP) is 3.32. The van der Waals surface area contributed by atoms with E-state index in [1.807, 2.05) is 12.1 Å². The highest BCUT2D eigenvalue weighted by molar-refractivity contribution is 6.33. The van der Waals surface area contributed by atoms with E-state index in [1.54, 1.807) is 13.0 Å². The molecule has 0 aliphatic heterocycles. The summed E-state index contributed by atoms with van der Waals surface area (Å²) < 4.78 is 0. The van der Waals surface area contributed by atoms with Crippen molar-refractivity contribution in [2.45, 2.75) is 20.3 Å². The van der Waals surface area contributed by atoms with Crippen LogP contribution in [0, 0.1) is 0 Å². The summed E-state index contributed by atoms with van der Waals surface area (Å²) in [5, 5.41) is 0.652. The molecule has 0 saturated carbocycles. The fourth-order valence-electron chi connectivity index (χ4n) is 2.01. The Bertz CT molecular complexity index is 432. The van der Waals surface area contributed by atoms with E-state index >= 15 is 0 Å². The maximum atomic E-state index is 11.3. The Morgan fingerprint density at radius 2 is 1.95 bits per heavy atom. The first kappa shape index (κ1) is 16.0. The molecule has 106 valence electrons. The fraction of sp³-hybridized carbons (Fsp3) is 0.533. The van der Waals surface area contributed by atoms with Crippen LogP contribution in [0.5, 0.6) is 0 Å². The van der Waals surface area contributed by atoms with Gasteiger partial charge in [0.15, 0.2) is 5.78 Å². The lowest BCUT2D eigenvalue weighted by molar-refractivity contribution is 0.101. The van der Waals surface area contributed by atoms with Crippen molar-refractivity contribution in [2.24, 2.45) is 0 Å². The number of ketones is 1. The molecule has 0 N–H and O–H groups in total. The molecular formula is C15H23ClN2O. The summed E-state index contributed by atoms with van der Waals surface area (Å²) in [6.45, 7) is 6.60. The summed E-state index contributed by atoms with van der Waals surface area (Å²) in [5.74, 6) is 0.0455. The molecule has 1 rings (SSSR count). The molecule has 0 saturated heterocycles. The van der Waals surface area contributed by atoms with Crippen LogP contribution in [0.2, 0.25) is 5.02 Å². The Hall–Kier alpha value is -1.06. The number of nitrogens with zero attached hydrogens (tertiary/aromatic N) is 2. The van der Waals surface area contributed by atoms with Crippen molar-refractivity contribution in [3.05, 3.63) is 28.8 Å². The first-order valence-electron chi connectivity index (χ1n) is 6.65. The Morgan fingerprint density at radius 3 is 2.42 bits per heavy atom. The van der Waals surface area contributed by atoms with Crippen LogP contribution >= 0.6 is 11.6 Å². The van der Waals surface area contributed by atoms with Gasteiger partial charge in [-0.05, 0) is 59.1 Å². The zero-order valence-electron chi connectivity index (χ0n) is 12.2. The van der Waals surface area contributed by atoms with Crippen molar-refractivity contribution in [3.63, 3.8) is 0 Å². The molecule has 0 fully saturated rings. The molecule has 0 aliphatic rings. The zero-order chi connectivity index (χ0) is 14.4. The smallest absolute Gasteiger partial charge is 0.159 e. The monoisotopic (exact) mass is 282 g/mol. The lowest BCUT2D eigenvalue weighted by atomic mass is 10.1. The molecule has 0 bridgehead atoms. The molecule has 0 amide bonds. The average molecular weight is 283 g/mol. The first-order valence-corrected chi connectivity index (χ1v) is 7.03. The Labute approximate surface area is 121 Å². The molecule has 0 atom stereocenters. The number of carbonyl (C=O) groups excluding carboxylic acids is 1. The summed E-state index contributed by atoms with van der Waals surface area (Å²) in [4.78, 5) is 15.7. The molecule has 4 heteroatoms. The summed E-state index contributed by atoms with van der Waals surface area (Å²) in [7, 11) is 4.15. The minimum Gasteiger partial charge on any atom is -0.371 e. The van der Waals surface area contributed by atoms with Crippen molar-refractivity contribution in [3.8, 4) is 0 Å². The normalized spacial score (nSPS) is 10.8. The SMILES string of the molecule is CCN(CCCN(C)C)c1ccc(C(C)=O)cc1Cl. The summed E-state index contributed by atoms with van der Waals surface area (Å²) in [6, 6.07) is 5.55. The van der Waals surface area contributed by atoms with Crippen LogP contribution in [-0.2, 0) is 0 Å². The van der Waals surface area contributed by atoms with Gasteiger partial charge in [-0.1, -0.05) is 11.6 Å². The standard InChI is InChI=1S/C15H23ClN2O/c1-5-18(10-6-9-17(3)4)15-8-7-13(12(2)19)11-14(15)16/h7-8,11H,5-6,9-10H2,1-4H3. The number of anilines is 1. The highest BCUT2D eigenvalue weighted by atomic mass is 35.5.